The highest BCUT2D eigenvalue weighted by Crippen LogP contribution is 2.18. The van der Waals surface area contributed by atoms with Crippen LogP contribution in [0.4, 0.5) is 0 Å². The standard InChI is InChI=1S/C18H24N4O.2ClH/c1-12-11-13(2)22(21-12)16-8-6-15(7-9-16)14(3)20-18(23)17-5-4-10-19-17;;/h6-9,11,14,17,19H,4-5,10H2,1-3H3,(H,20,23);2*1H. The third-order valence-electron chi connectivity index (χ3n) is 4.38. The van der Waals surface area contributed by atoms with Crippen LogP contribution in [0, 0.1) is 13.8 Å². The maximum atomic E-state index is 12.2. The van der Waals surface area contributed by atoms with Crippen molar-refractivity contribution in [1.82, 2.24) is 20.4 Å². The monoisotopic (exact) mass is 384 g/mol. The molecule has 0 bridgehead atoms. The molecule has 2 unspecified atom stereocenters. The molecule has 0 saturated carbocycles. The summed E-state index contributed by atoms with van der Waals surface area (Å²) < 4.78 is 1.94. The molecule has 1 aliphatic rings. The smallest absolute Gasteiger partial charge is 0.237 e. The number of aryl methyl sites for hydroxylation is 2. The van der Waals surface area contributed by atoms with Gasteiger partial charge >= 0.3 is 0 Å². The first-order chi connectivity index (χ1) is 11.0. The van der Waals surface area contributed by atoms with Gasteiger partial charge in [0.15, 0.2) is 0 Å². The van der Waals surface area contributed by atoms with Crippen molar-refractivity contribution < 1.29 is 4.79 Å². The molecule has 25 heavy (non-hydrogen) atoms. The van der Waals surface area contributed by atoms with Gasteiger partial charge in [-0.2, -0.15) is 5.10 Å². The Labute approximate surface area is 161 Å². The Kier molecular flexibility index (Phi) is 7.93. The molecule has 2 atom stereocenters. The summed E-state index contributed by atoms with van der Waals surface area (Å²) in [4.78, 5) is 12.2. The number of rotatable bonds is 4. The number of carbonyl (C=O) groups excluding carboxylic acids is 1. The molecule has 0 spiro atoms. The number of nitrogens with one attached hydrogen (secondary N) is 2. The number of hydrogen-bond acceptors (Lipinski definition) is 3. The van der Waals surface area contributed by atoms with Gasteiger partial charge in [-0.1, -0.05) is 12.1 Å². The molecule has 2 heterocycles. The first-order valence-electron chi connectivity index (χ1n) is 8.22. The van der Waals surface area contributed by atoms with Gasteiger partial charge in [0.05, 0.1) is 23.5 Å². The number of carbonyl (C=O) groups is 1. The molecule has 2 N–H and O–H groups in total. The second kappa shape index (κ2) is 9.22. The van der Waals surface area contributed by atoms with Crippen molar-refractivity contribution in [2.24, 2.45) is 0 Å². The number of nitrogens with zero attached hydrogens (tertiary/aromatic N) is 2. The maximum absolute atomic E-state index is 12.2. The summed E-state index contributed by atoms with van der Waals surface area (Å²) in [6, 6.07) is 10.2. The molecule has 1 saturated heterocycles. The number of hydrogen-bond donors (Lipinski definition) is 2. The van der Waals surface area contributed by atoms with Crippen LogP contribution in [0.3, 0.4) is 0 Å². The fraction of sp³-hybridized carbons (Fsp3) is 0.444. The molecule has 3 rings (SSSR count). The number of halogens is 2. The van der Waals surface area contributed by atoms with Gasteiger partial charge in [-0.05, 0) is 63.9 Å². The van der Waals surface area contributed by atoms with E-state index in [-0.39, 0.29) is 42.8 Å². The van der Waals surface area contributed by atoms with Crippen LogP contribution in [-0.2, 0) is 4.79 Å². The summed E-state index contributed by atoms with van der Waals surface area (Å²) in [6.45, 7) is 6.99. The molecule has 1 aromatic carbocycles. The topological polar surface area (TPSA) is 59.0 Å². The van der Waals surface area contributed by atoms with Gasteiger partial charge in [0.2, 0.25) is 5.91 Å². The Morgan fingerprint density at radius 1 is 1.28 bits per heavy atom. The highest BCUT2D eigenvalue weighted by atomic mass is 35.5. The Bertz CT molecular complexity index is 694. The predicted molar refractivity (Wildman–Crippen MR) is 105 cm³/mol. The summed E-state index contributed by atoms with van der Waals surface area (Å²) in [7, 11) is 0. The fourth-order valence-electron chi connectivity index (χ4n) is 3.10. The van der Waals surface area contributed by atoms with Crippen molar-refractivity contribution in [1.29, 1.82) is 0 Å². The highest BCUT2D eigenvalue weighted by molar-refractivity contribution is 5.85. The zero-order valence-electron chi connectivity index (χ0n) is 14.8. The largest absolute Gasteiger partial charge is 0.348 e. The van der Waals surface area contributed by atoms with E-state index < -0.39 is 0 Å². The lowest BCUT2D eigenvalue weighted by Gasteiger charge is -2.18. The lowest BCUT2D eigenvalue weighted by Crippen LogP contribution is -2.41. The molecule has 7 heteroatoms. The average Bonchev–Trinajstić information content (AvgIpc) is 3.17. The molecule has 1 fully saturated rings. The highest BCUT2D eigenvalue weighted by Gasteiger charge is 2.23. The second-order valence-electron chi connectivity index (χ2n) is 6.31. The summed E-state index contributed by atoms with van der Waals surface area (Å²) in [5.41, 5.74) is 4.26. The molecular formula is C18H26Cl2N4O. The van der Waals surface area contributed by atoms with Gasteiger partial charge in [-0.15, -0.1) is 24.8 Å². The van der Waals surface area contributed by atoms with E-state index >= 15 is 0 Å². The zero-order valence-corrected chi connectivity index (χ0v) is 16.4. The molecule has 0 aliphatic carbocycles. The average molecular weight is 385 g/mol. The molecule has 138 valence electrons. The SMILES string of the molecule is Cc1cc(C)n(-c2ccc(C(C)NC(=O)C3CCCN3)cc2)n1.Cl.Cl. The lowest BCUT2D eigenvalue weighted by atomic mass is 10.1. The molecule has 1 aromatic heterocycles. The predicted octanol–water partition coefficient (Wildman–Crippen LogP) is 3.26. The van der Waals surface area contributed by atoms with E-state index in [2.05, 4.69) is 33.9 Å². The van der Waals surface area contributed by atoms with E-state index in [1.807, 2.05) is 37.6 Å². The number of aromatic nitrogens is 2. The van der Waals surface area contributed by atoms with E-state index in [9.17, 15) is 4.79 Å². The van der Waals surface area contributed by atoms with Crippen molar-refractivity contribution >= 4 is 30.7 Å². The Balaban J connectivity index is 0.00000156. The van der Waals surface area contributed by atoms with E-state index in [4.69, 9.17) is 0 Å². The first kappa shape index (κ1) is 21.5. The van der Waals surface area contributed by atoms with Crippen LogP contribution in [0.5, 0.6) is 0 Å². The normalized spacial score (nSPS) is 17.3. The minimum absolute atomic E-state index is 0. The molecule has 5 nitrogen and oxygen atoms in total. The van der Waals surface area contributed by atoms with Crippen LogP contribution in [-0.4, -0.2) is 28.3 Å². The number of amides is 1. The summed E-state index contributed by atoms with van der Waals surface area (Å²) in [6.07, 6.45) is 2.00. The summed E-state index contributed by atoms with van der Waals surface area (Å²) in [5.74, 6) is 0.0950. The van der Waals surface area contributed by atoms with Crippen LogP contribution in [0.2, 0.25) is 0 Å². The minimum Gasteiger partial charge on any atom is -0.348 e. The van der Waals surface area contributed by atoms with Gasteiger partial charge < -0.3 is 10.6 Å². The van der Waals surface area contributed by atoms with Crippen molar-refractivity contribution in [2.45, 2.75) is 45.7 Å². The zero-order chi connectivity index (χ0) is 16.4. The van der Waals surface area contributed by atoms with Gasteiger partial charge in [0.1, 0.15) is 0 Å². The van der Waals surface area contributed by atoms with E-state index in [0.29, 0.717) is 0 Å². The quantitative estimate of drug-likeness (QED) is 0.850. The van der Waals surface area contributed by atoms with Crippen molar-refractivity contribution in [3.8, 4) is 5.69 Å². The van der Waals surface area contributed by atoms with Crippen LogP contribution < -0.4 is 10.6 Å². The molecule has 1 amide bonds. The molecule has 2 aromatic rings. The van der Waals surface area contributed by atoms with Crippen molar-refractivity contribution in [3.05, 3.63) is 47.3 Å². The Morgan fingerprint density at radius 2 is 1.96 bits per heavy atom. The van der Waals surface area contributed by atoms with Crippen molar-refractivity contribution in [2.75, 3.05) is 6.54 Å². The van der Waals surface area contributed by atoms with Gasteiger partial charge in [-0.3, -0.25) is 4.79 Å². The molecule has 1 aliphatic heterocycles. The van der Waals surface area contributed by atoms with Gasteiger partial charge in [-0.25, -0.2) is 4.68 Å². The first-order valence-corrected chi connectivity index (χ1v) is 8.22. The van der Waals surface area contributed by atoms with E-state index in [1.54, 1.807) is 0 Å². The third-order valence-corrected chi connectivity index (χ3v) is 4.38. The summed E-state index contributed by atoms with van der Waals surface area (Å²) in [5, 5.41) is 10.8. The van der Waals surface area contributed by atoms with Crippen molar-refractivity contribution in [3.63, 3.8) is 0 Å². The molecule has 0 radical (unpaired) electrons. The fourth-order valence-corrected chi connectivity index (χ4v) is 3.10. The third kappa shape index (κ3) is 4.97. The Morgan fingerprint density at radius 3 is 2.48 bits per heavy atom. The number of benzene rings is 1. The maximum Gasteiger partial charge on any atom is 0.237 e. The van der Waals surface area contributed by atoms with E-state index in [1.165, 1.54) is 0 Å². The van der Waals surface area contributed by atoms with Crippen LogP contribution in [0.1, 0.15) is 42.8 Å². The Hall–Kier alpha value is -1.56. The molecular weight excluding hydrogens is 359 g/mol. The minimum atomic E-state index is -0.0357. The van der Waals surface area contributed by atoms with Gasteiger partial charge in [0.25, 0.3) is 0 Å². The van der Waals surface area contributed by atoms with E-state index in [0.717, 1.165) is 42.0 Å². The summed E-state index contributed by atoms with van der Waals surface area (Å²) >= 11 is 0. The van der Waals surface area contributed by atoms with Crippen LogP contribution in [0.15, 0.2) is 30.3 Å². The lowest BCUT2D eigenvalue weighted by molar-refractivity contribution is -0.123. The van der Waals surface area contributed by atoms with Crippen LogP contribution in [0.25, 0.3) is 5.69 Å². The van der Waals surface area contributed by atoms with Gasteiger partial charge in [0, 0.05) is 5.69 Å². The van der Waals surface area contributed by atoms with Crippen LogP contribution >= 0.6 is 24.8 Å². The second-order valence-corrected chi connectivity index (χ2v) is 6.31.